The molecule has 0 atom stereocenters. The van der Waals surface area contributed by atoms with E-state index in [4.69, 9.17) is 15.0 Å². The fourth-order valence-electron chi connectivity index (χ4n) is 9.29. The monoisotopic (exact) mass is 717 g/mol. The van der Waals surface area contributed by atoms with Crippen LogP contribution < -0.4 is 0 Å². The summed E-state index contributed by atoms with van der Waals surface area (Å²) in [6.45, 7) is 6.32. The van der Waals surface area contributed by atoms with E-state index in [-0.39, 0.29) is 0 Å². The molecule has 3 aliphatic rings. The zero-order valence-corrected chi connectivity index (χ0v) is 31.3. The zero-order chi connectivity index (χ0) is 37.6. The molecule has 0 fully saturated rings. The van der Waals surface area contributed by atoms with Crippen LogP contribution in [0.4, 0.5) is 0 Å². The largest absolute Gasteiger partial charge is 0.208 e. The molecule has 10 rings (SSSR count). The number of nitrogens with zero attached hydrogens (tertiary/aromatic N) is 3. The molecule has 1 heterocycles. The van der Waals surface area contributed by atoms with Crippen molar-refractivity contribution in [3.8, 4) is 45.0 Å². The van der Waals surface area contributed by atoms with Gasteiger partial charge < -0.3 is 0 Å². The van der Waals surface area contributed by atoms with Gasteiger partial charge in [-0.25, -0.2) is 15.0 Å². The molecule has 3 heteroatoms. The van der Waals surface area contributed by atoms with Gasteiger partial charge in [-0.2, -0.15) is 0 Å². The van der Waals surface area contributed by atoms with Crippen LogP contribution in [-0.4, -0.2) is 15.0 Å². The third kappa shape index (κ3) is 5.16. The first-order chi connectivity index (χ1) is 27.7. The predicted molar refractivity (Wildman–Crippen MR) is 231 cm³/mol. The second-order valence-electron chi connectivity index (χ2n) is 14.5. The van der Waals surface area contributed by atoms with Crippen LogP contribution >= 0.6 is 0 Å². The van der Waals surface area contributed by atoms with Gasteiger partial charge in [0, 0.05) is 16.7 Å². The van der Waals surface area contributed by atoms with Crippen molar-refractivity contribution < 1.29 is 0 Å². The lowest BCUT2D eigenvalue weighted by molar-refractivity contribution is 0.795. The molecular formula is C53H39N3. The zero-order valence-electron chi connectivity index (χ0n) is 31.3. The van der Waals surface area contributed by atoms with E-state index >= 15 is 0 Å². The maximum Gasteiger partial charge on any atom is 0.164 e. The molecule has 0 unspecified atom stereocenters. The van der Waals surface area contributed by atoms with Crippen molar-refractivity contribution in [1.29, 1.82) is 0 Å². The molecule has 0 saturated heterocycles. The normalized spacial score (nSPS) is 16.3. The van der Waals surface area contributed by atoms with E-state index < -0.39 is 5.41 Å². The minimum Gasteiger partial charge on any atom is -0.208 e. The Kier molecular flexibility index (Phi) is 8.22. The Morgan fingerprint density at radius 2 is 0.982 bits per heavy atom. The van der Waals surface area contributed by atoms with Crippen LogP contribution in [0.15, 0.2) is 194 Å². The summed E-state index contributed by atoms with van der Waals surface area (Å²) < 4.78 is 0. The van der Waals surface area contributed by atoms with Crippen molar-refractivity contribution >= 4 is 16.7 Å². The Morgan fingerprint density at radius 1 is 0.482 bits per heavy atom. The van der Waals surface area contributed by atoms with E-state index in [1.54, 1.807) is 0 Å². The molecule has 1 spiro atoms. The Bertz CT molecular complexity index is 2760. The van der Waals surface area contributed by atoms with Crippen molar-refractivity contribution in [2.24, 2.45) is 0 Å². The average molecular weight is 718 g/mol. The molecule has 0 saturated carbocycles. The van der Waals surface area contributed by atoms with Crippen LogP contribution in [0.5, 0.6) is 0 Å². The number of fused-ring (bicyclic) bond motifs is 7. The molecule has 3 aliphatic carbocycles. The highest BCUT2D eigenvalue weighted by Crippen LogP contribution is 2.65. The Balaban J connectivity index is 1.14. The van der Waals surface area contributed by atoms with Crippen molar-refractivity contribution in [2.45, 2.75) is 25.2 Å². The van der Waals surface area contributed by atoms with Crippen LogP contribution in [-0.2, 0) is 5.41 Å². The second kappa shape index (κ2) is 13.7. The first-order valence-corrected chi connectivity index (χ1v) is 19.4. The first-order valence-electron chi connectivity index (χ1n) is 19.4. The van der Waals surface area contributed by atoms with E-state index in [1.807, 2.05) is 24.3 Å². The topological polar surface area (TPSA) is 38.7 Å². The van der Waals surface area contributed by atoms with E-state index in [0.29, 0.717) is 17.5 Å². The fraction of sp³-hybridized carbons (Fsp3) is 0.0755. The molecule has 7 aromatic rings. The van der Waals surface area contributed by atoms with Crippen molar-refractivity contribution in [3.63, 3.8) is 0 Å². The molecule has 0 bridgehead atoms. The van der Waals surface area contributed by atoms with Gasteiger partial charge in [-0.05, 0) is 86.6 Å². The smallest absolute Gasteiger partial charge is 0.164 e. The summed E-state index contributed by atoms with van der Waals surface area (Å²) in [7, 11) is 0. The van der Waals surface area contributed by atoms with Crippen molar-refractivity contribution in [2.75, 3.05) is 0 Å². The highest BCUT2D eigenvalue weighted by molar-refractivity contribution is 6.05. The molecule has 56 heavy (non-hydrogen) atoms. The number of allylic oxidation sites excluding steroid dienone is 9. The summed E-state index contributed by atoms with van der Waals surface area (Å²) in [6.07, 6.45) is 12.9. The van der Waals surface area contributed by atoms with Crippen LogP contribution in [0.3, 0.4) is 0 Å². The highest BCUT2D eigenvalue weighted by atomic mass is 15.0. The van der Waals surface area contributed by atoms with E-state index in [0.717, 1.165) is 40.7 Å². The van der Waals surface area contributed by atoms with Gasteiger partial charge in [-0.15, -0.1) is 0 Å². The second-order valence-corrected chi connectivity index (χ2v) is 14.5. The van der Waals surface area contributed by atoms with Gasteiger partial charge in [0.05, 0.1) is 5.41 Å². The number of hydrogen-bond donors (Lipinski definition) is 0. The molecular weight excluding hydrogens is 679 g/mol. The SMILES string of the molecule is C=C/C=C1\C(=C/C)C2(c3ccccc3-c3ccccc32)c2c1cccc2-c1ccc(-c2nc(C3=CCCC=C3c3ccccc3)nc(-c3ccccc3)n2)cc1. The lowest BCUT2D eigenvalue weighted by Gasteiger charge is -2.32. The van der Waals surface area contributed by atoms with Crippen molar-refractivity contribution in [3.05, 3.63) is 228 Å². The minimum absolute atomic E-state index is 0.466. The summed E-state index contributed by atoms with van der Waals surface area (Å²) in [6, 6.07) is 54.2. The van der Waals surface area contributed by atoms with Crippen molar-refractivity contribution in [1.82, 2.24) is 15.0 Å². The molecule has 0 radical (unpaired) electrons. The van der Waals surface area contributed by atoms with Crippen LogP contribution in [0.25, 0.3) is 61.7 Å². The molecule has 0 aliphatic heterocycles. The van der Waals surface area contributed by atoms with Gasteiger partial charge in [0.15, 0.2) is 17.5 Å². The quantitative estimate of drug-likeness (QED) is 0.172. The number of hydrogen-bond acceptors (Lipinski definition) is 3. The molecule has 0 amide bonds. The van der Waals surface area contributed by atoms with E-state index in [2.05, 4.69) is 171 Å². The predicted octanol–water partition coefficient (Wildman–Crippen LogP) is 13.0. The Morgan fingerprint density at radius 3 is 1.61 bits per heavy atom. The van der Waals surface area contributed by atoms with E-state index in [9.17, 15) is 0 Å². The number of benzene rings is 6. The average Bonchev–Trinajstić information content (AvgIpc) is 3.73. The number of aromatic nitrogens is 3. The summed E-state index contributed by atoms with van der Waals surface area (Å²) in [5.41, 5.74) is 17.4. The van der Waals surface area contributed by atoms with Gasteiger partial charge in [0.1, 0.15) is 0 Å². The third-order valence-corrected chi connectivity index (χ3v) is 11.6. The van der Waals surface area contributed by atoms with Crippen LogP contribution in [0.2, 0.25) is 0 Å². The van der Waals surface area contributed by atoms with Gasteiger partial charge in [0.2, 0.25) is 0 Å². The lowest BCUT2D eigenvalue weighted by atomic mass is 9.68. The molecule has 3 nitrogen and oxygen atoms in total. The van der Waals surface area contributed by atoms with Gasteiger partial charge in [-0.3, -0.25) is 0 Å². The lowest BCUT2D eigenvalue weighted by Crippen LogP contribution is -2.26. The highest BCUT2D eigenvalue weighted by Gasteiger charge is 2.54. The standard InChI is InChI=1S/C53H39N3/c1-3-18-41-44-28-17-27-40(49(44)53(46(41)4-2)47-29-15-13-24-42(47)43-25-14-16-30-48(43)53)36-31-33-38(34-32-36)51-54-50(37-21-9-6-10-22-37)55-52(56-51)45-26-12-11-23-39(45)35-19-7-5-8-20-35/h3-10,13-34H,1,11-12H2,2H3/b41-18-,46-4+. The maximum absolute atomic E-state index is 5.19. The van der Waals surface area contributed by atoms with Gasteiger partial charge >= 0.3 is 0 Å². The Labute approximate surface area is 328 Å². The fourth-order valence-corrected chi connectivity index (χ4v) is 9.29. The molecule has 1 aromatic heterocycles. The van der Waals surface area contributed by atoms with Gasteiger partial charge in [-0.1, -0.05) is 189 Å². The van der Waals surface area contributed by atoms with Crippen LogP contribution in [0.1, 0.15) is 53.4 Å². The van der Waals surface area contributed by atoms with Crippen LogP contribution in [0, 0.1) is 0 Å². The summed E-state index contributed by atoms with van der Waals surface area (Å²) in [4.78, 5) is 15.4. The summed E-state index contributed by atoms with van der Waals surface area (Å²) in [5.74, 6) is 2.00. The first kappa shape index (κ1) is 33.6. The maximum atomic E-state index is 5.19. The number of rotatable bonds is 6. The van der Waals surface area contributed by atoms with E-state index in [1.165, 1.54) is 55.7 Å². The summed E-state index contributed by atoms with van der Waals surface area (Å²) >= 11 is 0. The minimum atomic E-state index is -0.466. The molecule has 6 aromatic carbocycles. The summed E-state index contributed by atoms with van der Waals surface area (Å²) in [5, 5.41) is 0. The van der Waals surface area contributed by atoms with Gasteiger partial charge in [0.25, 0.3) is 0 Å². The Hall–Kier alpha value is -6.97. The molecule has 0 N–H and O–H groups in total. The molecule has 266 valence electrons. The third-order valence-electron chi connectivity index (χ3n) is 11.6.